The van der Waals surface area contributed by atoms with E-state index < -0.39 is 0 Å². The summed E-state index contributed by atoms with van der Waals surface area (Å²) in [6, 6.07) is 7.72. The van der Waals surface area contributed by atoms with Crippen molar-refractivity contribution in [3.63, 3.8) is 0 Å². The van der Waals surface area contributed by atoms with Crippen molar-refractivity contribution >= 4 is 35.8 Å². The number of rotatable bonds is 5. The molecule has 0 atom stereocenters. The highest BCUT2D eigenvalue weighted by Gasteiger charge is 2.31. The second kappa shape index (κ2) is 10.5. The van der Waals surface area contributed by atoms with Crippen LogP contribution in [-0.2, 0) is 14.3 Å². The van der Waals surface area contributed by atoms with Crippen molar-refractivity contribution in [2.24, 2.45) is 17.6 Å². The Labute approximate surface area is 178 Å². The molecule has 160 valence electrons. The fourth-order valence-electron chi connectivity index (χ4n) is 4.17. The third-order valence-corrected chi connectivity index (χ3v) is 6.00. The number of hydrogen-bond acceptors (Lipinski definition) is 5. The van der Waals surface area contributed by atoms with Gasteiger partial charge in [0, 0.05) is 49.8 Å². The molecule has 0 radical (unpaired) electrons. The van der Waals surface area contributed by atoms with Crippen LogP contribution in [0, 0.1) is 17.2 Å². The third-order valence-electron chi connectivity index (χ3n) is 6.00. The van der Waals surface area contributed by atoms with Gasteiger partial charge in [0.2, 0.25) is 5.91 Å². The molecule has 0 aliphatic carbocycles. The number of amides is 1. The number of halogens is 1. The van der Waals surface area contributed by atoms with Crippen molar-refractivity contribution in [1.29, 1.82) is 5.41 Å². The van der Waals surface area contributed by atoms with Gasteiger partial charge >= 0.3 is 5.97 Å². The van der Waals surface area contributed by atoms with Crippen LogP contribution in [0.4, 0.5) is 5.69 Å². The number of anilines is 1. The van der Waals surface area contributed by atoms with Gasteiger partial charge in [-0.25, -0.2) is 0 Å². The van der Waals surface area contributed by atoms with Gasteiger partial charge in [-0.1, -0.05) is 0 Å². The number of likely N-dealkylation sites (tertiary alicyclic amines) is 1. The number of carbonyl (C=O) groups excluding carboxylic acids is 2. The maximum absolute atomic E-state index is 12.9. The molecule has 3 N–H and O–H groups in total. The Morgan fingerprint density at radius 2 is 1.66 bits per heavy atom. The Kier molecular flexibility index (Phi) is 8.32. The first-order valence-corrected chi connectivity index (χ1v) is 10.0. The minimum absolute atomic E-state index is 0. The molecule has 1 amide bonds. The number of piperidine rings is 2. The molecule has 3 rings (SSSR count). The van der Waals surface area contributed by atoms with Crippen LogP contribution in [0.15, 0.2) is 24.3 Å². The van der Waals surface area contributed by atoms with Crippen molar-refractivity contribution in [2.75, 3.05) is 38.2 Å². The minimum atomic E-state index is -0.159. The Bertz CT molecular complexity index is 709. The molecule has 0 bridgehead atoms. The van der Waals surface area contributed by atoms with E-state index in [0.717, 1.165) is 63.1 Å². The van der Waals surface area contributed by atoms with E-state index in [2.05, 4.69) is 4.90 Å². The van der Waals surface area contributed by atoms with Crippen molar-refractivity contribution < 1.29 is 14.3 Å². The van der Waals surface area contributed by atoms with Gasteiger partial charge in [-0.3, -0.25) is 15.0 Å². The number of ether oxygens (including phenoxy) is 1. The van der Waals surface area contributed by atoms with Crippen LogP contribution in [0.2, 0.25) is 0 Å². The van der Waals surface area contributed by atoms with E-state index >= 15 is 0 Å². The van der Waals surface area contributed by atoms with Gasteiger partial charge in [0.15, 0.2) is 0 Å². The number of nitrogens with one attached hydrogen (secondary N) is 1. The number of nitrogens with two attached hydrogens (primary N) is 1. The lowest BCUT2D eigenvalue weighted by atomic mass is 9.90. The molecular formula is C21H31ClN4O3. The summed E-state index contributed by atoms with van der Waals surface area (Å²) in [4.78, 5) is 28.6. The fourth-order valence-corrected chi connectivity index (χ4v) is 4.17. The zero-order valence-corrected chi connectivity index (χ0v) is 17.7. The minimum Gasteiger partial charge on any atom is -0.469 e. The molecule has 2 aliphatic heterocycles. The SMILES string of the molecule is COC(=O)CC1CCN(C(=O)C2CCN(c3ccc(C(=N)N)cc3)CC2)CC1.Cl. The number of hydrogen-bond donors (Lipinski definition) is 2. The van der Waals surface area contributed by atoms with Crippen LogP contribution in [0.3, 0.4) is 0 Å². The molecule has 7 nitrogen and oxygen atoms in total. The van der Waals surface area contributed by atoms with Crippen molar-refractivity contribution in [1.82, 2.24) is 4.90 Å². The second-order valence-electron chi connectivity index (χ2n) is 7.77. The lowest BCUT2D eigenvalue weighted by Crippen LogP contribution is -2.45. The molecule has 1 aromatic rings. The van der Waals surface area contributed by atoms with Gasteiger partial charge in [-0.05, 0) is 55.9 Å². The summed E-state index contributed by atoms with van der Waals surface area (Å²) in [5, 5.41) is 7.48. The second-order valence-corrected chi connectivity index (χ2v) is 7.77. The average Bonchev–Trinajstić information content (AvgIpc) is 2.74. The molecule has 2 saturated heterocycles. The fraction of sp³-hybridized carbons (Fsp3) is 0.571. The van der Waals surface area contributed by atoms with Crippen molar-refractivity contribution in [3.05, 3.63) is 29.8 Å². The standard InChI is InChI=1S/C21H30N4O3.ClH/c1-28-19(26)14-15-6-10-25(11-7-15)21(27)17-8-12-24(13-9-17)18-4-2-16(3-5-18)20(22)23;/h2-5,15,17H,6-14H2,1H3,(H3,22,23);1H. The lowest BCUT2D eigenvalue weighted by molar-refractivity contribution is -0.142. The lowest BCUT2D eigenvalue weighted by Gasteiger charge is -2.38. The van der Waals surface area contributed by atoms with Crippen LogP contribution < -0.4 is 10.6 Å². The normalized spacial score (nSPS) is 18.1. The summed E-state index contributed by atoms with van der Waals surface area (Å²) >= 11 is 0. The number of esters is 1. The first kappa shape index (κ1) is 23.0. The Morgan fingerprint density at radius 3 is 2.17 bits per heavy atom. The Hall–Kier alpha value is -2.28. The van der Waals surface area contributed by atoms with Crippen LogP contribution in [0.1, 0.15) is 37.7 Å². The van der Waals surface area contributed by atoms with Crippen molar-refractivity contribution in [2.45, 2.75) is 32.1 Å². The smallest absolute Gasteiger partial charge is 0.305 e. The molecule has 2 aliphatic rings. The molecule has 2 fully saturated rings. The quantitative estimate of drug-likeness (QED) is 0.431. The molecule has 2 heterocycles. The average molecular weight is 423 g/mol. The number of methoxy groups -OCH3 is 1. The van der Waals surface area contributed by atoms with E-state index in [-0.39, 0.29) is 36.0 Å². The number of nitrogen functional groups attached to an aromatic ring is 1. The summed E-state index contributed by atoms with van der Waals surface area (Å²) in [6.45, 7) is 3.20. The monoisotopic (exact) mass is 422 g/mol. The summed E-state index contributed by atoms with van der Waals surface area (Å²) in [5.74, 6) is 0.601. The molecule has 29 heavy (non-hydrogen) atoms. The van der Waals surface area contributed by atoms with Gasteiger partial charge in [0.05, 0.1) is 7.11 Å². The summed E-state index contributed by atoms with van der Waals surface area (Å²) < 4.78 is 4.75. The van der Waals surface area contributed by atoms with Crippen LogP contribution in [0.25, 0.3) is 0 Å². The maximum atomic E-state index is 12.9. The number of benzene rings is 1. The number of nitrogens with zero attached hydrogens (tertiary/aromatic N) is 2. The van der Waals surface area contributed by atoms with Gasteiger partial charge in [0.1, 0.15) is 5.84 Å². The summed E-state index contributed by atoms with van der Waals surface area (Å²) in [7, 11) is 1.42. The largest absolute Gasteiger partial charge is 0.469 e. The van der Waals surface area contributed by atoms with Gasteiger partial charge < -0.3 is 20.3 Å². The van der Waals surface area contributed by atoms with E-state index in [1.54, 1.807) is 0 Å². The molecule has 8 heteroatoms. The summed E-state index contributed by atoms with van der Waals surface area (Å²) in [6.07, 6.45) is 3.93. The molecular weight excluding hydrogens is 392 g/mol. The Balaban J connectivity index is 0.00000300. The van der Waals surface area contributed by atoms with Gasteiger partial charge in [-0.15, -0.1) is 12.4 Å². The first-order chi connectivity index (χ1) is 13.5. The summed E-state index contributed by atoms with van der Waals surface area (Å²) in [5.41, 5.74) is 7.35. The molecule has 0 unspecified atom stereocenters. The van der Waals surface area contributed by atoms with Crippen LogP contribution in [0.5, 0.6) is 0 Å². The highest BCUT2D eigenvalue weighted by atomic mass is 35.5. The predicted molar refractivity (Wildman–Crippen MR) is 116 cm³/mol. The highest BCUT2D eigenvalue weighted by molar-refractivity contribution is 5.95. The van der Waals surface area contributed by atoms with E-state index in [0.29, 0.717) is 12.3 Å². The van der Waals surface area contributed by atoms with E-state index in [4.69, 9.17) is 15.9 Å². The molecule has 0 spiro atoms. The zero-order chi connectivity index (χ0) is 20.1. The number of carbonyl (C=O) groups is 2. The van der Waals surface area contributed by atoms with Gasteiger partial charge in [0.25, 0.3) is 0 Å². The molecule has 0 aromatic heterocycles. The first-order valence-electron chi connectivity index (χ1n) is 10.0. The maximum Gasteiger partial charge on any atom is 0.305 e. The highest BCUT2D eigenvalue weighted by Crippen LogP contribution is 2.27. The van der Waals surface area contributed by atoms with Crippen LogP contribution >= 0.6 is 12.4 Å². The molecule has 1 aromatic carbocycles. The number of amidine groups is 1. The van der Waals surface area contributed by atoms with E-state index in [1.807, 2.05) is 29.2 Å². The van der Waals surface area contributed by atoms with Gasteiger partial charge in [-0.2, -0.15) is 0 Å². The Morgan fingerprint density at radius 1 is 1.07 bits per heavy atom. The molecule has 0 saturated carbocycles. The van der Waals surface area contributed by atoms with Crippen molar-refractivity contribution in [3.8, 4) is 0 Å². The van der Waals surface area contributed by atoms with E-state index in [1.165, 1.54) is 7.11 Å². The predicted octanol–water partition coefficient (Wildman–Crippen LogP) is 2.41. The third kappa shape index (κ3) is 5.85. The zero-order valence-electron chi connectivity index (χ0n) is 16.9. The van der Waals surface area contributed by atoms with Crippen LogP contribution in [-0.4, -0.2) is 55.9 Å². The van der Waals surface area contributed by atoms with E-state index in [9.17, 15) is 9.59 Å². The topological polar surface area (TPSA) is 99.7 Å².